The molecular weight excluding hydrogens is 202 g/mol. The first-order chi connectivity index (χ1) is 7.92. The number of hydrogen-bond donors (Lipinski definition) is 3. The lowest BCUT2D eigenvalue weighted by Gasteiger charge is -2.04. The minimum absolute atomic E-state index is 0.151. The summed E-state index contributed by atoms with van der Waals surface area (Å²) in [6.07, 6.45) is 1.81. The molecule has 0 fully saturated rings. The van der Waals surface area contributed by atoms with Crippen molar-refractivity contribution in [1.82, 2.24) is 15.5 Å². The topological polar surface area (TPSA) is 60.9 Å². The fourth-order valence-corrected chi connectivity index (χ4v) is 1.60. The normalized spacial score (nSPS) is 10.6. The Morgan fingerprint density at radius 2 is 2.06 bits per heavy atom. The van der Waals surface area contributed by atoms with E-state index in [4.69, 9.17) is 5.11 Å². The summed E-state index contributed by atoms with van der Waals surface area (Å²) in [6, 6.07) is 10.1. The number of nitrogens with one attached hydrogen (secondary N) is 2. The number of aromatic nitrogens is 2. The van der Waals surface area contributed by atoms with Crippen molar-refractivity contribution in [2.75, 3.05) is 13.2 Å². The van der Waals surface area contributed by atoms with Gasteiger partial charge in [0.25, 0.3) is 0 Å². The monoisotopic (exact) mass is 217 g/mol. The quantitative estimate of drug-likeness (QED) is 0.659. The van der Waals surface area contributed by atoms with E-state index in [9.17, 15) is 0 Å². The highest BCUT2D eigenvalue weighted by atomic mass is 16.3. The molecule has 0 unspecified atom stereocenters. The highest BCUT2D eigenvalue weighted by Gasteiger charge is 2.06. The number of H-pyrrole nitrogens is 1. The average Bonchev–Trinajstić information content (AvgIpc) is 2.79. The Morgan fingerprint density at radius 1 is 1.25 bits per heavy atom. The molecule has 4 nitrogen and oxygen atoms in total. The van der Waals surface area contributed by atoms with Crippen molar-refractivity contribution in [1.29, 1.82) is 0 Å². The van der Waals surface area contributed by atoms with Gasteiger partial charge in [-0.3, -0.25) is 5.10 Å². The van der Waals surface area contributed by atoms with E-state index in [1.807, 2.05) is 36.5 Å². The lowest BCUT2D eigenvalue weighted by Crippen LogP contribution is -2.17. The molecule has 1 heterocycles. The molecule has 2 aromatic rings. The van der Waals surface area contributed by atoms with Gasteiger partial charge in [-0.25, -0.2) is 0 Å². The van der Waals surface area contributed by atoms with Gasteiger partial charge in [0.15, 0.2) is 0 Å². The second-order valence-corrected chi connectivity index (χ2v) is 3.54. The van der Waals surface area contributed by atoms with Gasteiger partial charge in [0.2, 0.25) is 0 Å². The van der Waals surface area contributed by atoms with Crippen LogP contribution in [0.3, 0.4) is 0 Å². The van der Waals surface area contributed by atoms with Crippen molar-refractivity contribution >= 4 is 0 Å². The lowest BCUT2D eigenvalue weighted by atomic mass is 10.1. The molecule has 0 saturated carbocycles. The molecule has 16 heavy (non-hydrogen) atoms. The maximum absolute atomic E-state index is 8.70. The molecule has 0 amide bonds. The first-order valence-electron chi connectivity index (χ1n) is 5.31. The van der Waals surface area contributed by atoms with Gasteiger partial charge in [0, 0.05) is 18.7 Å². The van der Waals surface area contributed by atoms with Crippen LogP contribution in [0.5, 0.6) is 0 Å². The van der Waals surface area contributed by atoms with Crippen molar-refractivity contribution in [2.45, 2.75) is 6.54 Å². The Balaban J connectivity index is 2.13. The Morgan fingerprint density at radius 3 is 2.81 bits per heavy atom. The van der Waals surface area contributed by atoms with Gasteiger partial charge in [-0.05, 0) is 5.56 Å². The van der Waals surface area contributed by atoms with Crippen molar-refractivity contribution < 1.29 is 5.11 Å². The van der Waals surface area contributed by atoms with Gasteiger partial charge >= 0.3 is 0 Å². The molecule has 1 aromatic carbocycles. The van der Waals surface area contributed by atoms with Crippen LogP contribution in [0.2, 0.25) is 0 Å². The van der Waals surface area contributed by atoms with Gasteiger partial charge in [-0.15, -0.1) is 0 Å². The van der Waals surface area contributed by atoms with Gasteiger partial charge in [0.05, 0.1) is 18.5 Å². The molecule has 3 N–H and O–H groups in total. The van der Waals surface area contributed by atoms with Crippen LogP contribution in [0.1, 0.15) is 5.56 Å². The summed E-state index contributed by atoms with van der Waals surface area (Å²) in [7, 11) is 0. The van der Waals surface area contributed by atoms with Crippen molar-refractivity contribution in [3.8, 4) is 11.3 Å². The van der Waals surface area contributed by atoms with E-state index >= 15 is 0 Å². The fourth-order valence-electron chi connectivity index (χ4n) is 1.60. The molecule has 0 spiro atoms. The molecule has 0 bridgehead atoms. The van der Waals surface area contributed by atoms with E-state index in [2.05, 4.69) is 15.5 Å². The van der Waals surface area contributed by atoms with E-state index in [1.165, 1.54) is 0 Å². The molecule has 84 valence electrons. The second-order valence-electron chi connectivity index (χ2n) is 3.54. The average molecular weight is 217 g/mol. The van der Waals surface area contributed by atoms with Crippen LogP contribution in [0.4, 0.5) is 0 Å². The van der Waals surface area contributed by atoms with Crippen LogP contribution in [0.25, 0.3) is 11.3 Å². The molecule has 0 aliphatic carbocycles. The van der Waals surface area contributed by atoms with Gasteiger partial charge < -0.3 is 10.4 Å². The van der Waals surface area contributed by atoms with Crippen molar-refractivity contribution in [3.63, 3.8) is 0 Å². The van der Waals surface area contributed by atoms with Gasteiger partial charge in [0.1, 0.15) is 0 Å². The Kier molecular flexibility index (Phi) is 3.69. The highest BCUT2D eigenvalue weighted by molar-refractivity contribution is 5.62. The zero-order valence-electron chi connectivity index (χ0n) is 8.98. The van der Waals surface area contributed by atoms with Gasteiger partial charge in [-0.1, -0.05) is 30.3 Å². The minimum atomic E-state index is 0.151. The number of nitrogens with zero attached hydrogens (tertiary/aromatic N) is 1. The van der Waals surface area contributed by atoms with Crippen LogP contribution >= 0.6 is 0 Å². The van der Waals surface area contributed by atoms with Gasteiger partial charge in [-0.2, -0.15) is 5.10 Å². The molecule has 0 saturated heterocycles. The van der Waals surface area contributed by atoms with Crippen LogP contribution < -0.4 is 5.32 Å². The third-order valence-electron chi connectivity index (χ3n) is 2.38. The van der Waals surface area contributed by atoms with E-state index < -0.39 is 0 Å². The zero-order chi connectivity index (χ0) is 11.2. The van der Waals surface area contributed by atoms with Crippen LogP contribution in [0.15, 0.2) is 36.5 Å². The summed E-state index contributed by atoms with van der Waals surface area (Å²) in [5, 5.41) is 18.9. The minimum Gasteiger partial charge on any atom is -0.395 e. The number of aliphatic hydroxyl groups excluding tert-OH is 1. The predicted molar refractivity (Wildman–Crippen MR) is 62.8 cm³/mol. The molecule has 2 rings (SSSR count). The molecule has 0 radical (unpaired) electrons. The number of benzene rings is 1. The Bertz CT molecular complexity index is 425. The Hall–Kier alpha value is -1.65. The molecule has 0 atom stereocenters. The zero-order valence-corrected chi connectivity index (χ0v) is 8.98. The second kappa shape index (κ2) is 5.44. The van der Waals surface area contributed by atoms with Crippen LogP contribution in [0, 0.1) is 0 Å². The van der Waals surface area contributed by atoms with Crippen molar-refractivity contribution in [3.05, 3.63) is 42.1 Å². The SMILES string of the molecule is OCCNCc1cn[nH]c1-c1ccccc1. The predicted octanol–water partition coefficient (Wildman–Crippen LogP) is 1.16. The summed E-state index contributed by atoms with van der Waals surface area (Å²) < 4.78 is 0. The molecule has 1 aromatic heterocycles. The first-order valence-corrected chi connectivity index (χ1v) is 5.31. The van der Waals surface area contributed by atoms with E-state index in [0.717, 1.165) is 16.8 Å². The summed E-state index contributed by atoms with van der Waals surface area (Å²) in [5.74, 6) is 0. The van der Waals surface area contributed by atoms with Crippen molar-refractivity contribution in [2.24, 2.45) is 0 Å². The molecule has 0 aliphatic heterocycles. The number of aromatic amines is 1. The van der Waals surface area contributed by atoms with E-state index in [-0.39, 0.29) is 6.61 Å². The fraction of sp³-hybridized carbons (Fsp3) is 0.250. The van der Waals surface area contributed by atoms with E-state index in [0.29, 0.717) is 13.1 Å². The number of rotatable bonds is 5. The maximum atomic E-state index is 8.70. The lowest BCUT2D eigenvalue weighted by molar-refractivity contribution is 0.292. The third kappa shape index (κ3) is 2.48. The largest absolute Gasteiger partial charge is 0.395 e. The summed E-state index contributed by atoms with van der Waals surface area (Å²) in [6.45, 7) is 1.46. The molecular formula is C12H15N3O. The molecule has 4 heteroatoms. The number of aliphatic hydroxyl groups is 1. The summed E-state index contributed by atoms with van der Waals surface area (Å²) in [4.78, 5) is 0. The number of hydrogen-bond acceptors (Lipinski definition) is 3. The third-order valence-corrected chi connectivity index (χ3v) is 2.38. The molecule has 0 aliphatic rings. The summed E-state index contributed by atoms with van der Waals surface area (Å²) in [5.41, 5.74) is 3.27. The van der Waals surface area contributed by atoms with E-state index in [1.54, 1.807) is 0 Å². The standard InChI is InChI=1S/C12H15N3O/c16-7-6-13-8-11-9-14-15-12(11)10-4-2-1-3-5-10/h1-5,9,13,16H,6-8H2,(H,14,15). The Labute approximate surface area is 94.3 Å². The van der Waals surface area contributed by atoms with Crippen LogP contribution in [-0.4, -0.2) is 28.5 Å². The summed E-state index contributed by atoms with van der Waals surface area (Å²) >= 11 is 0. The van der Waals surface area contributed by atoms with Crippen LogP contribution in [-0.2, 0) is 6.54 Å². The first kappa shape index (κ1) is 10.9. The maximum Gasteiger partial charge on any atom is 0.0695 e. The smallest absolute Gasteiger partial charge is 0.0695 e. The highest BCUT2D eigenvalue weighted by Crippen LogP contribution is 2.20.